The molecule has 0 amide bonds. The van der Waals surface area contributed by atoms with Gasteiger partial charge in [0.1, 0.15) is 0 Å². The molecular formula is C9H17LiN+. The second kappa shape index (κ2) is 3.35. The Labute approximate surface area is 81.8 Å². The molecule has 0 aromatic carbocycles. The fraction of sp³-hybridized carbons (Fsp3) is 0.778. The van der Waals surface area contributed by atoms with Crippen molar-refractivity contribution in [3.05, 3.63) is 12.2 Å². The summed E-state index contributed by atoms with van der Waals surface area (Å²) in [6.45, 7) is 8.87. The van der Waals surface area contributed by atoms with Crippen LogP contribution in [0.5, 0.6) is 0 Å². The summed E-state index contributed by atoms with van der Waals surface area (Å²) in [7, 11) is 0. The first kappa shape index (κ1) is 11.3. The second-order valence-corrected chi connectivity index (χ2v) is 4.34. The molecule has 0 unspecified atom stereocenters. The zero-order valence-corrected chi connectivity index (χ0v) is 8.36. The van der Waals surface area contributed by atoms with Crippen LogP contribution in [0.15, 0.2) is 12.2 Å². The third-order valence-electron chi connectivity index (χ3n) is 1.82. The smallest absolute Gasteiger partial charge is 0.303 e. The zero-order chi connectivity index (χ0) is 7.83. The number of rotatable bonds is 0. The van der Waals surface area contributed by atoms with Crippen LogP contribution in [0.4, 0.5) is 0 Å². The van der Waals surface area contributed by atoms with Gasteiger partial charge in [-0.1, -0.05) is 12.2 Å². The van der Waals surface area contributed by atoms with Gasteiger partial charge < -0.3 is 5.32 Å². The molecule has 1 nitrogen and oxygen atoms in total. The topological polar surface area (TPSA) is 12.0 Å². The Balaban J connectivity index is 0.000001000. The van der Waals surface area contributed by atoms with E-state index in [1.54, 1.807) is 0 Å². The monoisotopic (exact) mass is 146 g/mol. The molecule has 1 N–H and O–H groups in total. The standard InChI is InChI=1S/C9H17N.Li/c1-8(2)6-5-7-9(3,4)10-8;/h5-6,10H,7H2,1-4H3;/q;+1. The first-order chi connectivity index (χ1) is 4.41. The third kappa shape index (κ3) is 3.47. The number of hydrogen-bond acceptors (Lipinski definition) is 1. The molecule has 0 aromatic rings. The van der Waals surface area contributed by atoms with Gasteiger partial charge in [-0.05, 0) is 34.1 Å². The predicted octanol–water partition coefficient (Wildman–Crippen LogP) is -0.903. The van der Waals surface area contributed by atoms with E-state index in [0.29, 0.717) is 0 Å². The van der Waals surface area contributed by atoms with Crippen LogP contribution in [0.1, 0.15) is 34.1 Å². The van der Waals surface area contributed by atoms with Crippen LogP contribution in [-0.4, -0.2) is 11.1 Å². The average Bonchev–Trinajstić information content (AvgIpc) is 1.56. The van der Waals surface area contributed by atoms with E-state index in [9.17, 15) is 0 Å². The molecule has 1 aliphatic rings. The second-order valence-electron chi connectivity index (χ2n) is 4.34. The first-order valence-electron chi connectivity index (χ1n) is 3.88. The Morgan fingerprint density at radius 1 is 1.18 bits per heavy atom. The number of nitrogens with one attached hydrogen (secondary N) is 1. The summed E-state index contributed by atoms with van der Waals surface area (Å²) in [6, 6.07) is 0. The minimum atomic E-state index is 0. The number of hydrogen-bond donors (Lipinski definition) is 1. The molecule has 0 aromatic heterocycles. The van der Waals surface area contributed by atoms with Gasteiger partial charge in [0.25, 0.3) is 0 Å². The third-order valence-corrected chi connectivity index (χ3v) is 1.82. The Morgan fingerprint density at radius 2 is 1.73 bits per heavy atom. The Kier molecular flexibility index (Phi) is 3.44. The van der Waals surface area contributed by atoms with Gasteiger partial charge in [-0.25, -0.2) is 0 Å². The summed E-state index contributed by atoms with van der Waals surface area (Å²) in [5.74, 6) is 0. The van der Waals surface area contributed by atoms with Crippen molar-refractivity contribution in [2.75, 3.05) is 0 Å². The molecular weight excluding hydrogens is 129 g/mol. The van der Waals surface area contributed by atoms with E-state index >= 15 is 0 Å². The molecule has 0 spiro atoms. The summed E-state index contributed by atoms with van der Waals surface area (Å²) in [5, 5.41) is 3.55. The van der Waals surface area contributed by atoms with Crippen LogP contribution in [0.25, 0.3) is 0 Å². The van der Waals surface area contributed by atoms with Gasteiger partial charge in [0.05, 0.1) is 0 Å². The summed E-state index contributed by atoms with van der Waals surface area (Å²) < 4.78 is 0. The van der Waals surface area contributed by atoms with Crippen molar-refractivity contribution in [2.45, 2.75) is 45.2 Å². The Bertz CT molecular complexity index is 159. The molecule has 1 heterocycles. The van der Waals surface area contributed by atoms with E-state index in [0.717, 1.165) is 6.42 Å². The van der Waals surface area contributed by atoms with E-state index < -0.39 is 0 Å². The van der Waals surface area contributed by atoms with Crippen LogP contribution < -0.4 is 24.2 Å². The fourth-order valence-corrected chi connectivity index (χ4v) is 1.61. The van der Waals surface area contributed by atoms with Gasteiger partial charge in [-0.15, -0.1) is 0 Å². The Hall–Kier alpha value is 0.297. The quantitative estimate of drug-likeness (QED) is 0.345. The van der Waals surface area contributed by atoms with Crippen molar-refractivity contribution in [2.24, 2.45) is 0 Å². The van der Waals surface area contributed by atoms with E-state index in [1.165, 1.54) is 0 Å². The Morgan fingerprint density at radius 3 is 2.00 bits per heavy atom. The molecule has 0 saturated carbocycles. The molecule has 0 saturated heterocycles. The predicted molar refractivity (Wildman–Crippen MR) is 45.1 cm³/mol. The molecule has 0 atom stereocenters. The van der Waals surface area contributed by atoms with Crippen molar-refractivity contribution < 1.29 is 18.9 Å². The van der Waals surface area contributed by atoms with Gasteiger partial charge in [-0.3, -0.25) is 0 Å². The van der Waals surface area contributed by atoms with Crippen LogP contribution >= 0.6 is 0 Å². The minimum Gasteiger partial charge on any atom is -0.303 e. The normalized spacial score (nSPS) is 25.8. The summed E-state index contributed by atoms with van der Waals surface area (Å²) in [4.78, 5) is 0. The van der Waals surface area contributed by atoms with Crippen molar-refractivity contribution in [3.63, 3.8) is 0 Å². The molecule has 0 radical (unpaired) electrons. The van der Waals surface area contributed by atoms with E-state index in [-0.39, 0.29) is 29.9 Å². The van der Waals surface area contributed by atoms with Gasteiger partial charge in [0.2, 0.25) is 0 Å². The molecule has 58 valence electrons. The molecule has 0 fully saturated rings. The van der Waals surface area contributed by atoms with Gasteiger partial charge >= 0.3 is 18.9 Å². The first-order valence-corrected chi connectivity index (χ1v) is 3.88. The van der Waals surface area contributed by atoms with Crippen LogP contribution in [0, 0.1) is 0 Å². The molecule has 2 heteroatoms. The van der Waals surface area contributed by atoms with Gasteiger partial charge in [0.15, 0.2) is 0 Å². The van der Waals surface area contributed by atoms with Gasteiger partial charge in [-0.2, -0.15) is 0 Å². The van der Waals surface area contributed by atoms with Crippen molar-refractivity contribution in [3.8, 4) is 0 Å². The van der Waals surface area contributed by atoms with Crippen LogP contribution in [0.2, 0.25) is 0 Å². The molecule has 0 bridgehead atoms. The van der Waals surface area contributed by atoms with Gasteiger partial charge in [0, 0.05) is 11.1 Å². The fourth-order valence-electron chi connectivity index (χ4n) is 1.61. The average molecular weight is 146 g/mol. The molecule has 0 aliphatic carbocycles. The van der Waals surface area contributed by atoms with Crippen molar-refractivity contribution in [1.82, 2.24) is 5.32 Å². The van der Waals surface area contributed by atoms with Crippen molar-refractivity contribution >= 4 is 0 Å². The summed E-state index contributed by atoms with van der Waals surface area (Å²) in [5.41, 5.74) is 0.458. The molecule has 1 aliphatic heterocycles. The van der Waals surface area contributed by atoms with Crippen LogP contribution in [-0.2, 0) is 0 Å². The SMILES string of the molecule is CC1(C)C=CCC(C)(C)N1.[Li+]. The summed E-state index contributed by atoms with van der Waals surface area (Å²) in [6.07, 6.45) is 5.63. The largest absolute Gasteiger partial charge is 1.00 e. The molecule has 1 rings (SSSR count). The minimum absolute atomic E-state index is 0. The van der Waals surface area contributed by atoms with E-state index in [1.807, 2.05) is 0 Å². The maximum absolute atomic E-state index is 3.55. The van der Waals surface area contributed by atoms with E-state index in [4.69, 9.17) is 0 Å². The zero-order valence-electron chi connectivity index (χ0n) is 8.36. The summed E-state index contributed by atoms with van der Waals surface area (Å²) >= 11 is 0. The van der Waals surface area contributed by atoms with Crippen molar-refractivity contribution in [1.29, 1.82) is 0 Å². The maximum Gasteiger partial charge on any atom is 1.00 e. The molecule has 11 heavy (non-hydrogen) atoms. The van der Waals surface area contributed by atoms with E-state index in [2.05, 4.69) is 45.2 Å². The van der Waals surface area contributed by atoms with Crippen LogP contribution in [0.3, 0.4) is 0 Å². The maximum atomic E-state index is 3.55.